The van der Waals surface area contributed by atoms with Gasteiger partial charge in [0.15, 0.2) is 18.1 Å². The summed E-state index contributed by atoms with van der Waals surface area (Å²) >= 11 is 0. The van der Waals surface area contributed by atoms with E-state index in [1.165, 1.54) is 15.3 Å². The summed E-state index contributed by atoms with van der Waals surface area (Å²) in [5.74, 6) is 0.226. The molecular weight excluding hydrogens is 436 g/mol. The minimum absolute atomic E-state index is 0.166. The van der Waals surface area contributed by atoms with Gasteiger partial charge in [0.2, 0.25) is 16.8 Å². The predicted molar refractivity (Wildman–Crippen MR) is 114 cm³/mol. The van der Waals surface area contributed by atoms with Gasteiger partial charge < -0.3 is 19.1 Å². The van der Waals surface area contributed by atoms with Crippen LogP contribution in [0.4, 0.5) is 0 Å². The molecule has 1 saturated heterocycles. The van der Waals surface area contributed by atoms with Crippen LogP contribution in [0.5, 0.6) is 11.5 Å². The number of carbonyl (C=O) groups is 2. The zero-order valence-corrected chi connectivity index (χ0v) is 18.0. The monoisotopic (exact) mass is 458 g/mol. The molecule has 0 radical (unpaired) electrons. The van der Waals surface area contributed by atoms with Gasteiger partial charge in [-0.05, 0) is 35.9 Å². The van der Waals surface area contributed by atoms with Crippen molar-refractivity contribution in [2.45, 2.75) is 4.90 Å². The Morgan fingerprint density at radius 1 is 0.969 bits per heavy atom. The first-order chi connectivity index (χ1) is 15.4. The summed E-state index contributed by atoms with van der Waals surface area (Å²) in [6.07, 6.45) is 2.79. The summed E-state index contributed by atoms with van der Waals surface area (Å²) in [6, 6.07) is 13.4. The highest BCUT2D eigenvalue weighted by Gasteiger charge is 2.30. The van der Waals surface area contributed by atoms with Crippen LogP contribution in [0.3, 0.4) is 0 Å². The summed E-state index contributed by atoms with van der Waals surface area (Å²) in [5, 5.41) is 0. The Morgan fingerprint density at radius 2 is 1.69 bits per heavy atom. The lowest BCUT2D eigenvalue weighted by molar-refractivity contribution is -0.148. The second-order valence-corrected chi connectivity index (χ2v) is 9.09. The van der Waals surface area contributed by atoms with Crippen LogP contribution in [-0.4, -0.2) is 69.1 Å². The van der Waals surface area contributed by atoms with Crippen molar-refractivity contribution in [3.8, 4) is 11.5 Å². The number of hydrogen-bond donors (Lipinski definition) is 0. The molecule has 168 valence electrons. The summed E-state index contributed by atoms with van der Waals surface area (Å²) in [4.78, 5) is 26.0. The summed E-state index contributed by atoms with van der Waals surface area (Å²) in [5.41, 5.74) is 0.730. The Hall–Kier alpha value is -3.37. The lowest BCUT2D eigenvalue weighted by atomic mass is 10.2. The van der Waals surface area contributed by atoms with Crippen molar-refractivity contribution in [2.75, 3.05) is 39.6 Å². The first kappa shape index (κ1) is 21.8. The van der Waals surface area contributed by atoms with E-state index in [-0.39, 0.29) is 43.8 Å². The van der Waals surface area contributed by atoms with Crippen LogP contribution in [0.2, 0.25) is 0 Å². The van der Waals surface area contributed by atoms with Gasteiger partial charge in [-0.1, -0.05) is 24.3 Å². The topological polar surface area (TPSA) is 102 Å². The first-order valence-corrected chi connectivity index (χ1v) is 11.4. The minimum atomic E-state index is -3.59. The molecule has 1 amide bonds. The maximum atomic E-state index is 12.7. The Bertz CT molecular complexity index is 1120. The van der Waals surface area contributed by atoms with E-state index >= 15 is 0 Å². The van der Waals surface area contributed by atoms with Crippen molar-refractivity contribution in [1.29, 1.82) is 0 Å². The predicted octanol–water partition coefficient (Wildman–Crippen LogP) is 1.50. The zero-order valence-electron chi connectivity index (χ0n) is 17.2. The van der Waals surface area contributed by atoms with Gasteiger partial charge in [-0.25, -0.2) is 13.2 Å². The summed E-state index contributed by atoms with van der Waals surface area (Å²) < 4.78 is 42.2. The van der Waals surface area contributed by atoms with Gasteiger partial charge in [0.05, 0.1) is 4.90 Å². The maximum Gasteiger partial charge on any atom is 0.331 e. The number of hydrogen-bond acceptors (Lipinski definition) is 7. The van der Waals surface area contributed by atoms with Gasteiger partial charge in [-0.15, -0.1) is 0 Å². The molecule has 9 nitrogen and oxygen atoms in total. The van der Waals surface area contributed by atoms with E-state index in [1.54, 1.807) is 54.6 Å². The molecule has 2 aromatic rings. The number of nitrogens with zero attached hydrogens (tertiary/aromatic N) is 2. The molecular formula is C22H22N2O7S. The van der Waals surface area contributed by atoms with E-state index in [1.807, 2.05) is 0 Å². The average molecular weight is 458 g/mol. The van der Waals surface area contributed by atoms with E-state index in [0.717, 1.165) is 5.56 Å². The summed E-state index contributed by atoms with van der Waals surface area (Å²) in [7, 11) is -3.59. The number of rotatable bonds is 6. The normalized spacial score (nSPS) is 16.3. The Balaban J connectivity index is 1.24. The Labute approximate surface area is 185 Å². The standard InChI is InChI=1S/C22H22N2O7S/c25-21(15-29-22(26)9-7-17-6-8-19-20(14-17)31-16-30-19)23-10-12-24(13-11-23)32(27,28)18-4-2-1-3-5-18/h1-9,14H,10-13,15-16H2/b9-7+. The zero-order chi connectivity index (χ0) is 22.6. The highest BCUT2D eigenvalue weighted by molar-refractivity contribution is 7.89. The van der Waals surface area contributed by atoms with Gasteiger partial charge in [-0.2, -0.15) is 4.31 Å². The lowest BCUT2D eigenvalue weighted by Gasteiger charge is -2.33. The third kappa shape index (κ3) is 4.92. The molecule has 0 saturated carbocycles. The SMILES string of the molecule is O=C(/C=C/c1ccc2c(c1)OCO2)OCC(=O)N1CCN(S(=O)(=O)c2ccccc2)CC1. The van der Waals surface area contributed by atoms with E-state index in [0.29, 0.717) is 11.5 Å². The van der Waals surface area contributed by atoms with Crippen molar-refractivity contribution >= 4 is 28.0 Å². The van der Waals surface area contributed by atoms with Crippen molar-refractivity contribution in [3.05, 3.63) is 60.2 Å². The number of fused-ring (bicyclic) bond motifs is 1. The Kier molecular flexibility index (Phi) is 6.42. The molecule has 0 spiro atoms. The van der Waals surface area contributed by atoms with E-state index in [4.69, 9.17) is 14.2 Å². The lowest BCUT2D eigenvalue weighted by Crippen LogP contribution is -2.51. The fourth-order valence-corrected chi connectivity index (χ4v) is 4.82. The van der Waals surface area contributed by atoms with Crippen molar-refractivity contribution in [2.24, 2.45) is 0 Å². The molecule has 0 N–H and O–H groups in total. The molecule has 2 aromatic carbocycles. The molecule has 0 bridgehead atoms. The van der Waals surface area contributed by atoms with Gasteiger partial charge in [0.1, 0.15) is 0 Å². The second kappa shape index (κ2) is 9.41. The third-order valence-corrected chi connectivity index (χ3v) is 7.03. The molecule has 10 heteroatoms. The molecule has 1 fully saturated rings. The van der Waals surface area contributed by atoms with Crippen LogP contribution in [-0.2, 0) is 24.3 Å². The second-order valence-electron chi connectivity index (χ2n) is 7.15. The van der Waals surface area contributed by atoms with Gasteiger partial charge in [0.25, 0.3) is 5.91 Å². The molecule has 0 unspecified atom stereocenters. The van der Waals surface area contributed by atoms with E-state index in [2.05, 4.69) is 0 Å². The number of amides is 1. The largest absolute Gasteiger partial charge is 0.454 e. The van der Waals surface area contributed by atoms with Crippen LogP contribution in [0.15, 0.2) is 59.5 Å². The van der Waals surface area contributed by atoms with Crippen LogP contribution in [0.25, 0.3) is 6.08 Å². The number of benzene rings is 2. The molecule has 2 heterocycles. The van der Waals surface area contributed by atoms with Crippen molar-refractivity contribution in [1.82, 2.24) is 9.21 Å². The number of ether oxygens (including phenoxy) is 3. The smallest absolute Gasteiger partial charge is 0.331 e. The average Bonchev–Trinajstić information content (AvgIpc) is 3.30. The van der Waals surface area contributed by atoms with Gasteiger partial charge >= 0.3 is 5.97 Å². The molecule has 2 aliphatic heterocycles. The van der Waals surface area contributed by atoms with Crippen LogP contribution < -0.4 is 9.47 Å². The number of sulfonamides is 1. The Morgan fingerprint density at radius 3 is 2.44 bits per heavy atom. The van der Waals surface area contributed by atoms with E-state index < -0.39 is 22.6 Å². The van der Waals surface area contributed by atoms with Crippen LogP contribution in [0, 0.1) is 0 Å². The quantitative estimate of drug-likeness (QED) is 0.478. The number of piperazine rings is 1. The highest BCUT2D eigenvalue weighted by atomic mass is 32.2. The fraction of sp³-hybridized carbons (Fsp3) is 0.273. The number of esters is 1. The van der Waals surface area contributed by atoms with Crippen molar-refractivity contribution in [3.63, 3.8) is 0 Å². The van der Waals surface area contributed by atoms with Crippen LogP contribution >= 0.6 is 0 Å². The molecule has 0 aliphatic carbocycles. The van der Waals surface area contributed by atoms with E-state index in [9.17, 15) is 18.0 Å². The third-order valence-electron chi connectivity index (χ3n) is 5.12. The first-order valence-electron chi connectivity index (χ1n) is 10.0. The molecule has 0 atom stereocenters. The maximum absolute atomic E-state index is 12.7. The highest BCUT2D eigenvalue weighted by Crippen LogP contribution is 2.32. The molecule has 0 aromatic heterocycles. The minimum Gasteiger partial charge on any atom is -0.454 e. The van der Waals surface area contributed by atoms with Gasteiger partial charge in [0, 0.05) is 32.3 Å². The molecule has 2 aliphatic rings. The fourth-order valence-electron chi connectivity index (χ4n) is 3.37. The van der Waals surface area contributed by atoms with Crippen LogP contribution in [0.1, 0.15) is 5.56 Å². The molecule has 32 heavy (non-hydrogen) atoms. The summed E-state index contributed by atoms with van der Waals surface area (Å²) in [6.45, 7) is 0.585. The van der Waals surface area contributed by atoms with Crippen molar-refractivity contribution < 1.29 is 32.2 Å². The molecule has 4 rings (SSSR count). The number of carbonyl (C=O) groups excluding carboxylic acids is 2. The van der Waals surface area contributed by atoms with Gasteiger partial charge in [-0.3, -0.25) is 4.79 Å².